The standard InChI is InChI=1S/C22H44O3/c1-4-6-7-8-9-10-11-12-13-14-15-16-17-18-21(19-23)25-22(24)20(3)5-2/h20-21,23H,4-19H2,1-3H3. The molecule has 0 fully saturated rings. The van der Waals surface area contributed by atoms with Gasteiger partial charge in [0.25, 0.3) is 0 Å². The van der Waals surface area contributed by atoms with Gasteiger partial charge in [0.15, 0.2) is 0 Å². The first kappa shape index (κ1) is 24.4. The van der Waals surface area contributed by atoms with Gasteiger partial charge in [-0.05, 0) is 19.3 Å². The van der Waals surface area contributed by atoms with Gasteiger partial charge in [-0.25, -0.2) is 0 Å². The van der Waals surface area contributed by atoms with Crippen molar-refractivity contribution in [2.45, 2.75) is 123 Å². The van der Waals surface area contributed by atoms with E-state index in [4.69, 9.17) is 4.74 Å². The molecule has 0 aromatic rings. The molecule has 0 saturated carbocycles. The van der Waals surface area contributed by atoms with Crippen LogP contribution in [0.5, 0.6) is 0 Å². The molecule has 25 heavy (non-hydrogen) atoms. The highest BCUT2D eigenvalue weighted by Crippen LogP contribution is 2.15. The first-order valence-corrected chi connectivity index (χ1v) is 11.0. The molecule has 0 aliphatic carbocycles. The number of aliphatic hydroxyl groups excluding tert-OH is 1. The number of rotatable bonds is 18. The van der Waals surface area contributed by atoms with Crippen LogP contribution in [0.2, 0.25) is 0 Å². The van der Waals surface area contributed by atoms with Crippen LogP contribution < -0.4 is 0 Å². The van der Waals surface area contributed by atoms with E-state index < -0.39 is 0 Å². The molecule has 0 aliphatic heterocycles. The lowest BCUT2D eigenvalue weighted by molar-refractivity contribution is -0.156. The molecule has 3 nitrogen and oxygen atoms in total. The second-order valence-electron chi connectivity index (χ2n) is 7.58. The molecule has 0 aromatic heterocycles. The van der Waals surface area contributed by atoms with E-state index in [2.05, 4.69) is 6.92 Å². The van der Waals surface area contributed by atoms with Crippen LogP contribution in [0.15, 0.2) is 0 Å². The summed E-state index contributed by atoms with van der Waals surface area (Å²) in [6.45, 7) is 6.07. The van der Waals surface area contributed by atoms with Crippen molar-refractivity contribution >= 4 is 5.97 Å². The van der Waals surface area contributed by atoms with Crippen molar-refractivity contribution in [2.75, 3.05) is 6.61 Å². The molecule has 3 heteroatoms. The van der Waals surface area contributed by atoms with E-state index in [9.17, 15) is 9.90 Å². The van der Waals surface area contributed by atoms with Crippen molar-refractivity contribution in [2.24, 2.45) is 5.92 Å². The third kappa shape index (κ3) is 15.4. The van der Waals surface area contributed by atoms with Gasteiger partial charge < -0.3 is 9.84 Å². The van der Waals surface area contributed by atoms with Crippen LogP contribution in [0, 0.1) is 5.92 Å². The van der Waals surface area contributed by atoms with Crippen LogP contribution >= 0.6 is 0 Å². The van der Waals surface area contributed by atoms with Crippen LogP contribution in [-0.4, -0.2) is 23.8 Å². The molecule has 1 N–H and O–H groups in total. The average Bonchev–Trinajstić information content (AvgIpc) is 2.63. The number of carbonyl (C=O) groups is 1. The normalized spacial score (nSPS) is 13.6. The fourth-order valence-corrected chi connectivity index (χ4v) is 3.02. The number of aliphatic hydroxyl groups is 1. The predicted molar refractivity (Wildman–Crippen MR) is 107 cm³/mol. The summed E-state index contributed by atoms with van der Waals surface area (Å²) in [5, 5.41) is 9.34. The SMILES string of the molecule is CCCCCCCCCCCCCCCC(CO)OC(=O)C(C)CC. The maximum atomic E-state index is 11.7. The minimum absolute atomic E-state index is 0.0551. The second kappa shape index (κ2) is 18.2. The van der Waals surface area contributed by atoms with E-state index in [0.717, 1.165) is 19.3 Å². The summed E-state index contributed by atoms with van der Waals surface area (Å²) >= 11 is 0. The van der Waals surface area contributed by atoms with Crippen molar-refractivity contribution in [3.8, 4) is 0 Å². The molecule has 0 aromatic carbocycles. The quantitative estimate of drug-likeness (QED) is 0.228. The molecule has 0 radical (unpaired) electrons. The largest absolute Gasteiger partial charge is 0.460 e. The van der Waals surface area contributed by atoms with E-state index in [1.54, 1.807) is 0 Å². The summed E-state index contributed by atoms with van der Waals surface area (Å²) < 4.78 is 5.37. The number of unbranched alkanes of at least 4 members (excludes halogenated alkanes) is 12. The monoisotopic (exact) mass is 356 g/mol. The van der Waals surface area contributed by atoms with E-state index >= 15 is 0 Å². The Hall–Kier alpha value is -0.570. The zero-order valence-electron chi connectivity index (χ0n) is 17.2. The second-order valence-corrected chi connectivity index (χ2v) is 7.58. The molecule has 0 spiro atoms. The summed E-state index contributed by atoms with van der Waals surface area (Å²) in [6.07, 6.45) is 18.5. The highest BCUT2D eigenvalue weighted by molar-refractivity contribution is 5.72. The maximum Gasteiger partial charge on any atom is 0.308 e. The van der Waals surface area contributed by atoms with E-state index in [1.165, 1.54) is 77.0 Å². The number of carbonyl (C=O) groups excluding carboxylic acids is 1. The Kier molecular flexibility index (Phi) is 17.8. The fourth-order valence-electron chi connectivity index (χ4n) is 3.02. The number of esters is 1. The number of hydrogen-bond acceptors (Lipinski definition) is 3. The van der Waals surface area contributed by atoms with Crippen LogP contribution in [0.25, 0.3) is 0 Å². The molecule has 150 valence electrons. The molecule has 0 heterocycles. The molecule has 2 atom stereocenters. The highest BCUT2D eigenvalue weighted by atomic mass is 16.6. The van der Waals surface area contributed by atoms with Gasteiger partial charge >= 0.3 is 5.97 Å². The van der Waals surface area contributed by atoms with Crippen molar-refractivity contribution < 1.29 is 14.6 Å². The van der Waals surface area contributed by atoms with Gasteiger partial charge in [-0.15, -0.1) is 0 Å². The zero-order valence-corrected chi connectivity index (χ0v) is 17.2. The van der Waals surface area contributed by atoms with E-state index in [0.29, 0.717) is 0 Å². The third-order valence-electron chi connectivity index (χ3n) is 5.13. The van der Waals surface area contributed by atoms with Crippen LogP contribution in [0.4, 0.5) is 0 Å². The van der Waals surface area contributed by atoms with Gasteiger partial charge in [0, 0.05) is 0 Å². The van der Waals surface area contributed by atoms with E-state index in [-0.39, 0.29) is 24.6 Å². The first-order valence-electron chi connectivity index (χ1n) is 11.0. The van der Waals surface area contributed by atoms with Gasteiger partial charge in [0.05, 0.1) is 12.5 Å². The van der Waals surface area contributed by atoms with Crippen LogP contribution in [0.1, 0.15) is 117 Å². The summed E-state index contributed by atoms with van der Waals surface area (Å²) in [5.74, 6) is -0.239. The lowest BCUT2D eigenvalue weighted by Crippen LogP contribution is -2.25. The summed E-state index contributed by atoms with van der Waals surface area (Å²) in [6, 6.07) is 0. The fraction of sp³-hybridized carbons (Fsp3) is 0.955. The lowest BCUT2D eigenvalue weighted by atomic mass is 10.0. The Bertz CT molecular complexity index is 291. The maximum absolute atomic E-state index is 11.7. The zero-order chi connectivity index (χ0) is 18.8. The van der Waals surface area contributed by atoms with Crippen molar-refractivity contribution in [1.29, 1.82) is 0 Å². The Labute approximate surface area is 156 Å². The van der Waals surface area contributed by atoms with Crippen LogP contribution in [0.3, 0.4) is 0 Å². The minimum Gasteiger partial charge on any atom is -0.460 e. The Morgan fingerprint density at radius 3 is 1.64 bits per heavy atom. The Morgan fingerprint density at radius 2 is 1.24 bits per heavy atom. The van der Waals surface area contributed by atoms with Gasteiger partial charge in [0.1, 0.15) is 6.10 Å². The topological polar surface area (TPSA) is 46.5 Å². The summed E-state index contributed by atoms with van der Waals surface area (Å²) in [4.78, 5) is 11.7. The van der Waals surface area contributed by atoms with Crippen molar-refractivity contribution in [1.82, 2.24) is 0 Å². The molecule has 0 rings (SSSR count). The van der Waals surface area contributed by atoms with Gasteiger partial charge in [0.2, 0.25) is 0 Å². The molecule has 0 amide bonds. The Balaban J connectivity index is 3.40. The average molecular weight is 357 g/mol. The molecule has 0 aliphatic rings. The Morgan fingerprint density at radius 1 is 0.800 bits per heavy atom. The molecule has 0 bridgehead atoms. The minimum atomic E-state index is -0.311. The van der Waals surface area contributed by atoms with Crippen molar-refractivity contribution in [3.05, 3.63) is 0 Å². The molecule has 2 unspecified atom stereocenters. The lowest BCUT2D eigenvalue weighted by Gasteiger charge is -2.17. The van der Waals surface area contributed by atoms with Crippen LogP contribution in [-0.2, 0) is 9.53 Å². The molecule has 0 saturated heterocycles. The van der Waals surface area contributed by atoms with Gasteiger partial charge in [-0.3, -0.25) is 4.79 Å². The molecular weight excluding hydrogens is 312 g/mol. The predicted octanol–water partition coefficient (Wildman–Crippen LogP) is 6.42. The summed E-state index contributed by atoms with van der Waals surface area (Å²) in [5.41, 5.74) is 0. The number of hydrogen-bond donors (Lipinski definition) is 1. The smallest absolute Gasteiger partial charge is 0.308 e. The molecular formula is C22H44O3. The van der Waals surface area contributed by atoms with E-state index in [1.807, 2.05) is 13.8 Å². The van der Waals surface area contributed by atoms with Gasteiger partial charge in [-0.1, -0.05) is 97.8 Å². The third-order valence-corrected chi connectivity index (χ3v) is 5.13. The van der Waals surface area contributed by atoms with Crippen molar-refractivity contribution in [3.63, 3.8) is 0 Å². The number of ether oxygens (including phenoxy) is 1. The first-order chi connectivity index (χ1) is 12.2. The van der Waals surface area contributed by atoms with Gasteiger partial charge in [-0.2, -0.15) is 0 Å². The summed E-state index contributed by atoms with van der Waals surface area (Å²) in [7, 11) is 0. The highest BCUT2D eigenvalue weighted by Gasteiger charge is 2.17.